The molecule has 22 heavy (non-hydrogen) atoms. The molecule has 0 radical (unpaired) electrons. The Morgan fingerprint density at radius 3 is 2.59 bits per heavy atom. The zero-order valence-electron chi connectivity index (χ0n) is 11.4. The van der Waals surface area contributed by atoms with E-state index in [1.54, 1.807) is 24.5 Å². The number of pyridine rings is 1. The van der Waals surface area contributed by atoms with Gasteiger partial charge in [0, 0.05) is 23.0 Å². The number of carboxylic acids is 1. The minimum Gasteiger partial charge on any atom is -0.481 e. The first-order valence-corrected chi connectivity index (χ1v) is 7.71. The fourth-order valence-corrected chi connectivity index (χ4v) is 3.26. The highest BCUT2D eigenvalue weighted by Crippen LogP contribution is 2.36. The first-order valence-electron chi connectivity index (χ1n) is 6.51. The molecule has 0 unspecified atom stereocenters. The molecule has 0 atom stereocenters. The molecule has 0 aliphatic carbocycles. The number of nitrogens with zero attached hydrogens (tertiary/aromatic N) is 2. The lowest BCUT2D eigenvalue weighted by Gasteiger charge is -2.00. The molecule has 6 heteroatoms. The van der Waals surface area contributed by atoms with Crippen molar-refractivity contribution in [1.82, 2.24) is 9.97 Å². The highest BCUT2D eigenvalue weighted by Gasteiger charge is 2.16. The second-order valence-corrected chi connectivity index (χ2v) is 6.05. The maximum atomic E-state index is 11.1. The summed E-state index contributed by atoms with van der Waals surface area (Å²) in [7, 11) is 0. The third-order valence-corrected chi connectivity index (χ3v) is 4.48. The summed E-state index contributed by atoms with van der Waals surface area (Å²) in [5, 5.41) is 10.5. The molecule has 0 aliphatic rings. The molecule has 0 amide bonds. The van der Waals surface area contributed by atoms with E-state index < -0.39 is 5.97 Å². The zero-order chi connectivity index (χ0) is 15.5. The summed E-state index contributed by atoms with van der Waals surface area (Å²) in [4.78, 5) is 20.5. The number of carbonyl (C=O) groups is 1. The monoisotopic (exact) mass is 330 g/mol. The Morgan fingerprint density at radius 1 is 1.18 bits per heavy atom. The predicted octanol–water partition coefficient (Wildman–Crippen LogP) is 4.15. The van der Waals surface area contributed by atoms with Crippen LogP contribution in [-0.4, -0.2) is 21.0 Å². The van der Waals surface area contributed by atoms with E-state index in [-0.39, 0.29) is 6.42 Å². The van der Waals surface area contributed by atoms with Crippen molar-refractivity contribution >= 4 is 28.9 Å². The standard InChI is InChI=1S/C16H11ClN2O2S/c17-12-5-3-10(4-6-12)15-13(8-14(20)21)19-16(22-15)11-2-1-7-18-9-11/h1-7,9H,8H2,(H,20,21). The van der Waals surface area contributed by atoms with Crippen LogP contribution in [0.15, 0.2) is 48.8 Å². The third-order valence-electron chi connectivity index (χ3n) is 3.03. The van der Waals surface area contributed by atoms with E-state index >= 15 is 0 Å². The van der Waals surface area contributed by atoms with Crippen LogP contribution in [0.4, 0.5) is 0 Å². The van der Waals surface area contributed by atoms with Gasteiger partial charge in [-0.05, 0) is 29.8 Å². The fourth-order valence-electron chi connectivity index (χ4n) is 2.05. The molecule has 0 fully saturated rings. The summed E-state index contributed by atoms with van der Waals surface area (Å²) in [6.07, 6.45) is 3.29. The molecule has 0 spiro atoms. The molecule has 0 aliphatic heterocycles. The smallest absolute Gasteiger partial charge is 0.309 e. The number of hydrogen-bond donors (Lipinski definition) is 1. The molecule has 1 N–H and O–H groups in total. The molecule has 0 bridgehead atoms. The van der Waals surface area contributed by atoms with Gasteiger partial charge >= 0.3 is 5.97 Å². The van der Waals surface area contributed by atoms with Gasteiger partial charge in [-0.1, -0.05) is 23.7 Å². The average molecular weight is 331 g/mol. The van der Waals surface area contributed by atoms with Gasteiger partial charge in [0.2, 0.25) is 0 Å². The fraction of sp³-hybridized carbons (Fsp3) is 0.0625. The van der Waals surface area contributed by atoms with E-state index in [2.05, 4.69) is 9.97 Å². The highest BCUT2D eigenvalue weighted by molar-refractivity contribution is 7.18. The minimum atomic E-state index is -0.904. The average Bonchev–Trinajstić information content (AvgIpc) is 2.92. The predicted molar refractivity (Wildman–Crippen MR) is 87.1 cm³/mol. The second-order valence-electron chi connectivity index (χ2n) is 4.61. The van der Waals surface area contributed by atoms with Crippen LogP contribution in [0.2, 0.25) is 5.02 Å². The molecule has 2 heterocycles. The van der Waals surface area contributed by atoms with Crippen molar-refractivity contribution < 1.29 is 9.90 Å². The molecule has 0 saturated heterocycles. The Hall–Kier alpha value is -2.24. The second kappa shape index (κ2) is 6.25. The van der Waals surface area contributed by atoms with Crippen LogP contribution in [0.3, 0.4) is 0 Å². The van der Waals surface area contributed by atoms with Gasteiger partial charge in [0.25, 0.3) is 0 Å². The number of aliphatic carboxylic acids is 1. The maximum absolute atomic E-state index is 11.1. The van der Waals surface area contributed by atoms with Gasteiger partial charge < -0.3 is 5.11 Å². The van der Waals surface area contributed by atoms with Crippen molar-refractivity contribution in [3.63, 3.8) is 0 Å². The third kappa shape index (κ3) is 3.16. The summed E-state index contributed by atoms with van der Waals surface area (Å²) < 4.78 is 0. The van der Waals surface area contributed by atoms with E-state index in [0.717, 1.165) is 21.0 Å². The zero-order valence-corrected chi connectivity index (χ0v) is 12.9. The van der Waals surface area contributed by atoms with Crippen LogP contribution in [0.5, 0.6) is 0 Å². The molecule has 3 aromatic rings. The van der Waals surface area contributed by atoms with Gasteiger partial charge in [-0.2, -0.15) is 0 Å². The van der Waals surface area contributed by atoms with Crippen LogP contribution >= 0.6 is 22.9 Å². The van der Waals surface area contributed by atoms with E-state index in [9.17, 15) is 4.79 Å². The molecule has 2 aromatic heterocycles. The Balaban J connectivity index is 2.09. The van der Waals surface area contributed by atoms with Gasteiger partial charge in [0.15, 0.2) is 0 Å². The number of thiazole rings is 1. The van der Waals surface area contributed by atoms with Crippen LogP contribution in [-0.2, 0) is 11.2 Å². The summed E-state index contributed by atoms with van der Waals surface area (Å²) in [6.45, 7) is 0. The topological polar surface area (TPSA) is 63.1 Å². The number of halogens is 1. The van der Waals surface area contributed by atoms with Gasteiger partial charge in [0.1, 0.15) is 5.01 Å². The van der Waals surface area contributed by atoms with Crippen molar-refractivity contribution in [3.05, 3.63) is 59.5 Å². The summed E-state index contributed by atoms with van der Waals surface area (Å²) in [5.41, 5.74) is 2.34. The molecular formula is C16H11ClN2O2S. The number of carboxylic acid groups (broad SMARTS) is 1. The lowest BCUT2D eigenvalue weighted by molar-refractivity contribution is -0.136. The van der Waals surface area contributed by atoms with E-state index in [1.807, 2.05) is 24.3 Å². The summed E-state index contributed by atoms with van der Waals surface area (Å²) in [5.74, 6) is -0.904. The van der Waals surface area contributed by atoms with Crippen molar-refractivity contribution in [2.45, 2.75) is 6.42 Å². The molecule has 4 nitrogen and oxygen atoms in total. The van der Waals surface area contributed by atoms with Gasteiger partial charge in [0.05, 0.1) is 17.0 Å². The van der Waals surface area contributed by atoms with Crippen LogP contribution in [0.1, 0.15) is 5.69 Å². The maximum Gasteiger partial charge on any atom is 0.309 e. The molecule has 0 saturated carbocycles. The van der Waals surface area contributed by atoms with E-state index in [4.69, 9.17) is 16.7 Å². The number of benzene rings is 1. The first kappa shape index (κ1) is 14.7. The largest absolute Gasteiger partial charge is 0.481 e. The van der Waals surface area contributed by atoms with Crippen LogP contribution in [0.25, 0.3) is 21.0 Å². The van der Waals surface area contributed by atoms with Gasteiger partial charge in [-0.15, -0.1) is 11.3 Å². The highest BCUT2D eigenvalue weighted by atomic mass is 35.5. The van der Waals surface area contributed by atoms with Crippen molar-refractivity contribution in [2.75, 3.05) is 0 Å². The summed E-state index contributed by atoms with van der Waals surface area (Å²) in [6, 6.07) is 11.0. The van der Waals surface area contributed by atoms with Crippen molar-refractivity contribution in [3.8, 4) is 21.0 Å². The molecule has 110 valence electrons. The number of aromatic nitrogens is 2. The van der Waals surface area contributed by atoms with Crippen molar-refractivity contribution in [1.29, 1.82) is 0 Å². The lowest BCUT2D eigenvalue weighted by Crippen LogP contribution is -2.01. The lowest BCUT2D eigenvalue weighted by atomic mass is 10.1. The van der Waals surface area contributed by atoms with Gasteiger partial charge in [-0.3, -0.25) is 9.78 Å². The van der Waals surface area contributed by atoms with Crippen molar-refractivity contribution in [2.24, 2.45) is 0 Å². The summed E-state index contributed by atoms with van der Waals surface area (Å²) >= 11 is 7.37. The first-order chi connectivity index (χ1) is 10.6. The Bertz CT molecular complexity index is 801. The molecule has 3 rings (SSSR count). The number of hydrogen-bond acceptors (Lipinski definition) is 4. The van der Waals surface area contributed by atoms with Crippen LogP contribution in [0, 0.1) is 0 Å². The Labute approximate surface area is 136 Å². The normalized spacial score (nSPS) is 10.6. The van der Waals surface area contributed by atoms with Crippen LogP contribution < -0.4 is 0 Å². The van der Waals surface area contributed by atoms with Gasteiger partial charge in [-0.25, -0.2) is 4.98 Å². The quantitative estimate of drug-likeness (QED) is 0.780. The number of rotatable bonds is 4. The van der Waals surface area contributed by atoms with E-state index in [1.165, 1.54) is 11.3 Å². The SMILES string of the molecule is O=C(O)Cc1nc(-c2cccnc2)sc1-c1ccc(Cl)cc1. The molecular weight excluding hydrogens is 320 g/mol. The Kier molecular flexibility index (Phi) is 4.18. The molecule has 1 aromatic carbocycles. The minimum absolute atomic E-state index is 0.116. The van der Waals surface area contributed by atoms with E-state index in [0.29, 0.717) is 10.7 Å². The Morgan fingerprint density at radius 2 is 1.95 bits per heavy atom.